The average molecular weight is 477 g/mol. The van der Waals surface area contributed by atoms with Crippen LogP contribution in [-0.4, -0.2) is 35.4 Å². The lowest BCUT2D eigenvalue weighted by molar-refractivity contribution is -0.143. The Balaban J connectivity index is 1.93. The number of ether oxygens (including phenoxy) is 1. The Hall–Kier alpha value is -3.67. The van der Waals surface area contributed by atoms with Crippen LogP contribution in [0.5, 0.6) is 5.75 Å². The van der Waals surface area contributed by atoms with Gasteiger partial charge < -0.3 is 15.0 Å². The van der Waals surface area contributed by atoms with Crippen LogP contribution in [-0.2, 0) is 22.6 Å². The highest BCUT2D eigenvalue weighted by Crippen LogP contribution is 2.20. The Morgan fingerprint density at radius 2 is 1.66 bits per heavy atom. The van der Waals surface area contributed by atoms with Gasteiger partial charge in [-0.25, -0.2) is 4.39 Å². The van der Waals surface area contributed by atoms with E-state index < -0.39 is 17.8 Å². The number of nitrogens with zero attached hydrogens (tertiary/aromatic N) is 1. The van der Waals surface area contributed by atoms with Crippen LogP contribution in [0.15, 0.2) is 72.8 Å². The Morgan fingerprint density at radius 3 is 2.31 bits per heavy atom. The Kier molecular flexibility index (Phi) is 9.01. The number of halogens is 1. The van der Waals surface area contributed by atoms with E-state index in [1.807, 2.05) is 76.2 Å². The predicted molar refractivity (Wildman–Crippen MR) is 136 cm³/mol. The third-order valence-electron chi connectivity index (χ3n) is 5.68. The summed E-state index contributed by atoms with van der Waals surface area (Å²) in [6.07, 6.45) is 0.295. The van der Waals surface area contributed by atoms with E-state index in [1.165, 1.54) is 11.0 Å². The van der Waals surface area contributed by atoms with E-state index in [2.05, 4.69) is 5.32 Å². The Bertz CT molecular complexity index is 1150. The molecule has 35 heavy (non-hydrogen) atoms. The van der Waals surface area contributed by atoms with Gasteiger partial charge in [-0.2, -0.15) is 0 Å². The van der Waals surface area contributed by atoms with Gasteiger partial charge in [0.1, 0.15) is 17.6 Å². The van der Waals surface area contributed by atoms with Crippen molar-refractivity contribution in [3.63, 3.8) is 0 Å². The van der Waals surface area contributed by atoms with Crippen LogP contribution in [0, 0.1) is 19.7 Å². The minimum atomic E-state index is -0.838. The van der Waals surface area contributed by atoms with Crippen LogP contribution in [0.2, 0.25) is 0 Å². The monoisotopic (exact) mass is 476 g/mol. The standard InChI is InChI=1S/C29H33FN2O3/c1-20(2)31-29(34)26(17-23-10-6-5-7-11-23)32(18-24-12-8-9-13-25(24)30)28(33)19-35-27-15-14-21(3)16-22(27)4/h5-16,20,26H,17-19H2,1-4H3,(H,31,34)/t26-/m0/s1. The van der Waals surface area contributed by atoms with E-state index in [9.17, 15) is 14.0 Å². The molecule has 0 saturated carbocycles. The van der Waals surface area contributed by atoms with Crippen LogP contribution >= 0.6 is 0 Å². The van der Waals surface area contributed by atoms with Crippen molar-refractivity contribution in [1.82, 2.24) is 10.2 Å². The van der Waals surface area contributed by atoms with Crippen molar-refractivity contribution < 1.29 is 18.7 Å². The van der Waals surface area contributed by atoms with Gasteiger partial charge in [0.2, 0.25) is 5.91 Å². The van der Waals surface area contributed by atoms with Crippen LogP contribution in [0.25, 0.3) is 0 Å². The lowest BCUT2D eigenvalue weighted by Gasteiger charge is -2.32. The summed E-state index contributed by atoms with van der Waals surface area (Å²) >= 11 is 0. The Morgan fingerprint density at radius 1 is 0.971 bits per heavy atom. The molecule has 0 aliphatic heterocycles. The quantitative estimate of drug-likeness (QED) is 0.449. The number of amides is 2. The second-order valence-corrected chi connectivity index (χ2v) is 9.04. The summed E-state index contributed by atoms with van der Waals surface area (Å²) in [5.41, 5.74) is 3.24. The zero-order chi connectivity index (χ0) is 25.4. The molecule has 3 rings (SSSR count). The second-order valence-electron chi connectivity index (χ2n) is 9.04. The van der Waals surface area contributed by atoms with Crippen molar-refractivity contribution in [3.05, 3.63) is 101 Å². The normalized spacial score (nSPS) is 11.7. The first kappa shape index (κ1) is 25.9. The SMILES string of the molecule is Cc1ccc(OCC(=O)N(Cc2ccccc2F)[C@@H](Cc2ccccc2)C(=O)NC(C)C)c(C)c1. The third-order valence-corrected chi connectivity index (χ3v) is 5.68. The number of carbonyl (C=O) groups is 2. The molecule has 0 unspecified atom stereocenters. The van der Waals surface area contributed by atoms with Crippen molar-refractivity contribution in [2.75, 3.05) is 6.61 Å². The zero-order valence-electron chi connectivity index (χ0n) is 20.8. The Labute approximate surface area is 206 Å². The van der Waals surface area contributed by atoms with Gasteiger partial charge in [-0.3, -0.25) is 9.59 Å². The largest absolute Gasteiger partial charge is 0.483 e. The fraction of sp³-hybridized carbons (Fsp3) is 0.310. The molecule has 2 amide bonds. The van der Waals surface area contributed by atoms with Gasteiger partial charge in [0.25, 0.3) is 5.91 Å². The van der Waals surface area contributed by atoms with Gasteiger partial charge in [-0.15, -0.1) is 0 Å². The predicted octanol–water partition coefficient (Wildman–Crippen LogP) is 4.99. The minimum absolute atomic E-state index is 0.0508. The maximum atomic E-state index is 14.6. The molecule has 0 saturated heterocycles. The number of aryl methyl sites for hydroxylation is 2. The van der Waals surface area contributed by atoms with Gasteiger partial charge >= 0.3 is 0 Å². The molecular weight excluding hydrogens is 443 g/mol. The lowest BCUT2D eigenvalue weighted by Crippen LogP contribution is -2.53. The van der Waals surface area contributed by atoms with Gasteiger partial charge in [-0.05, 0) is 51.0 Å². The fourth-order valence-electron chi connectivity index (χ4n) is 3.93. The van der Waals surface area contributed by atoms with Gasteiger partial charge in [0.15, 0.2) is 6.61 Å². The smallest absolute Gasteiger partial charge is 0.261 e. The number of nitrogens with one attached hydrogen (secondary N) is 1. The van der Waals surface area contributed by atoms with Crippen LogP contribution in [0.1, 0.15) is 36.1 Å². The first-order valence-corrected chi connectivity index (χ1v) is 11.8. The summed E-state index contributed by atoms with van der Waals surface area (Å²) in [5, 5.41) is 2.92. The minimum Gasteiger partial charge on any atom is -0.483 e. The molecule has 184 valence electrons. The summed E-state index contributed by atoms with van der Waals surface area (Å²) in [6, 6.07) is 20.5. The number of hydrogen-bond acceptors (Lipinski definition) is 3. The average Bonchev–Trinajstić information content (AvgIpc) is 2.82. The third kappa shape index (κ3) is 7.41. The van der Waals surface area contributed by atoms with Crippen molar-refractivity contribution >= 4 is 11.8 Å². The topological polar surface area (TPSA) is 58.6 Å². The van der Waals surface area contributed by atoms with Gasteiger partial charge in [-0.1, -0.05) is 66.2 Å². The molecule has 0 aliphatic carbocycles. The van der Waals surface area contributed by atoms with Crippen molar-refractivity contribution in [2.45, 2.75) is 52.7 Å². The number of rotatable bonds is 10. The molecule has 0 fully saturated rings. The van der Waals surface area contributed by atoms with Crippen LogP contribution < -0.4 is 10.1 Å². The number of hydrogen-bond donors (Lipinski definition) is 1. The molecule has 0 aliphatic rings. The summed E-state index contributed by atoms with van der Waals surface area (Å²) in [5.74, 6) is -0.516. The molecule has 1 atom stereocenters. The van der Waals surface area contributed by atoms with E-state index >= 15 is 0 Å². The molecule has 5 nitrogen and oxygen atoms in total. The summed E-state index contributed by atoms with van der Waals surface area (Å²) < 4.78 is 20.4. The lowest BCUT2D eigenvalue weighted by atomic mass is 10.0. The molecule has 0 radical (unpaired) electrons. The molecule has 0 bridgehead atoms. The molecule has 0 spiro atoms. The van der Waals surface area contributed by atoms with Gasteiger partial charge in [0.05, 0.1) is 0 Å². The van der Waals surface area contributed by atoms with E-state index in [-0.39, 0.29) is 25.1 Å². The number of carbonyl (C=O) groups excluding carboxylic acids is 2. The fourth-order valence-corrected chi connectivity index (χ4v) is 3.93. The van der Waals surface area contributed by atoms with E-state index in [4.69, 9.17) is 4.74 Å². The summed E-state index contributed by atoms with van der Waals surface area (Å²) in [4.78, 5) is 28.3. The highest BCUT2D eigenvalue weighted by Gasteiger charge is 2.31. The molecule has 0 heterocycles. The highest BCUT2D eigenvalue weighted by atomic mass is 19.1. The first-order chi connectivity index (χ1) is 16.7. The molecule has 1 N–H and O–H groups in total. The summed E-state index contributed by atoms with van der Waals surface area (Å²) in [7, 11) is 0. The molecule has 6 heteroatoms. The van der Waals surface area contributed by atoms with E-state index in [0.717, 1.165) is 16.7 Å². The first-order valence-electron chi connectivity index (χ1n) is 11.8. The van der Waals surface area contributed by atoms with E-state index in [1.54, 1.807) is 18.2 Å². The highest BCUT2D eigenvalue weighted by molar-refractivity contribution is 5.88. The molecule has 3 aromatic rings. The molecule has 3 aromatic carbocycles. The zero-order valence-corrected chi connectivity index (χ0v) is 20.8. The maximum absolute atomic E-state index is 14.6. The van der Waals surface area contributed by atoms with E-state index in [0.29, 0.717) is 17.7 Å². The van der Waals surface area contributed by atoms with Crippen molar-refractivity contribution in [1.29, 1.82) is 0 Å². The van der Waals surface area contributed by atoms with Crippen molar-refractivity contribution in [2.24, 2.45) is 0 Å². The van der Waals surface area contributed by atoms with Gasteiger partial charge in [0, 0.05) is 24.6 Å². The molecular formula is C29H33FN2O3. The van der Waals surface area contributed by atoms with Crippen molar-refractivity contribution in [3.8, 4) is 5.75 Å². The number of benzene rings is 3. The maximum Gasteiger partial charge on any atom is 0.261 e. The second kappa shape index (κ2) is 12.2. The molecule has 0 aromatic heterocycles. The summed E-state index contributed by atoms with van der Waals surface area (Å²) in [6.45, 7) is 7.31. The van der Waals surface area contributed by atoms with Crippen LogP contribution in [0.3, 0.4) is 0 Å². The van der Waals surface area contributed by atoms with Crippen LogP contribution in [0.4, 0.5) is 4.39 Å².